The minimum Gasteiger partial charge on any atom is -0.301 e. The lowest BCUT2D eigenvalue weighted by Gasteiger charge is -2.34. The van der Waals surface area contributed by atoms with Crippen LogP contribution < -0.4 is 10.4 Å². The highest BCUT2D eigenvalue weighted by atomic mass is 79.9. The van der Waals surface area contributed by atoms with Gasteiger partial charge in [0, 0.05) is 56.6 Å². The lowest BCUT2D eigenvalue weighted by molar-refractivity contribution is 0.0946. The zero-order valence-corrected chi connectivity index (χ0v) is 21.5. The van der Waals surface area contributed by atoms with Crippen molar-refractivity contribution in [3.05, 3.63) is 51.6 Å². The Hall–Kier alpha value is -2.61. The second kappa shape index (κ2) is 12.2. The minimum atomic E-state index is -0.376. The zero-order valence-electron chi connectivity index (χ0n) is 19.9. The van der Waals surface area contributed by atoms with Crippen molar-refractivity contribution in [3.8, 4) is 6.07 Å². The third-order valence-corrected chi connectivity index (χ3v) is 6.13. The molecule has 0 aliphatic carbocycles. The molecule has 1 aliphatic rings. The maximum Gasteiger partial charge on any atom is 0.269 e. The first-order chi connectivity index (χ1) is 16.3. The molecular weight excluding hydrogens is 501 g/mol. The van der Waals surface area contributed by atoms with Crippen molar-refractivity contribution < 1.29 is 9.18 Å². The van der Waals surface area contributed by atoms with Gasteiger partial charge in [-0.2, -0.15) is 10.2 Å². The van der Waals surface area contributed by atoms with Gasteiger partial charge in [-0.1, -0.05) is 20.8 Å². The summed E-state index contributed by atoms with van der Waals surface area (Å²) in [6, 6.07) is 6.36. The zero-order chi connectivity index (χ0) is 24.7. The molecule has 2 aromatic rings. The molecule has 0 unspecified atom stereocenters. The Morgan fingerprint density at radius 1 is 1.29 bits per heavy atom. The van der Waals surface area contributed by atoms with Crippen LogP contribution in [-0.2, 0) is 6.54 Å². The molecule has 0 bridgehead atoms. The molecule has 182 valence electrons. The maximum atomic E-state index is 14.6. The molecule has 0 atom stereocenters. The van der Waals surface area contributed by atoms with Crippen molar-refractivity contribution in [2.75, 3.05) is 44.3 Å². The van der Waals surface area contributed by atoms with Crippen molar-refractivity contribution in [1.82, 2.24) is 25.2 Å². The van der Waals surface area contributed by atoms with Crippen molar-refractivity contribution >= 4 is 27.7 Å². The number of amides is 1. The Balaban J connectivity index is 1.75. The van der Waals surface area contributed by atoms with Gasteiger partial charge in [-0.3, -0.25) is 20.1 Å². The van der Waals surface area contributed by atoms with Crippen LogP contribution in [0.2, 0.25) is 0 Å². The number of anilines is 1. The highest BCUT2D eigenvalue weighted by Crippen LogP contribution is 2.23. The summed E-state index contributed by atoms with van der Waals surface area (Å²) >= 11 is 3.40. The Kier molecular flexibility index (Phi) is 9.33. The van der Waals surface area contributed by atoms with Gasteiger partial charge in [0.15, 0.2) is 5.82 Å². The second-order valence-corrected chi connectivity index (χ2v) is 9.70. The maximum absolute atomic E-state index is 14.6. The molecule has 1 aromatic carbocycles. The first kappa shape index (κ1) is 26.0. The van der Waals surface area contributed by atoms with Crippen molar-refractivity contribution in [2.24, 2.45) is 5.92 Å². The van der Waals surface area contributed by atoms with E-state index < -0.39 is 0 Å². The smallest absolute Gasteiger partial charge is 0.269 e. The highest BCUT2D eigenvalue weighted by molar-refractivity contribution is 9.10. The third-order valence-electron chi connectivity index (χ3n) is 5.57. The summed E-state index contributed by atoms with van der Waals surface area (Å²) in [6.45, 7) is 11.9. The number of piperazine rings is 1. The predicted molar refractivity (Wildman–Crippen MR) is 133 cm³/mol. The van der Waals surface area contributed by atoms with E-state index in [-0.39, 0.29) is 23.5 Å². The molecule has 0 spiro atoms. The molecule has 1 aliphatic heterocycles. The first-order valence-corrected chi connectivity index (χ1v) is 12.3. The largest absolute Gasteiger partial charge is 0.301 e. The fourth-order valence-electron chi connectivity index (χ4n) is 3.90. The van der Waals surface area contributed by atoms with Gasteiger partial charge >= 0.3 is 0 Å². The third kappa shape index (κ3) is 6.95. The number of hydrogen-bond acceptors (Lipinski definition) is 7. The van der Waals surface area contributed by atoms with Crippen LogP contribution >= 0.6 is 15.9 Å². The highest BCUT2D eigenvalue weighted by Gasteiger charge is 2.21. The molecule has 1 aromatic heterocycles. The van der Waals surface area contributed by atoms with E-state index in [1.54, 1.807) is 11.1 Å². The number of hydrogen-bond donors (Lipinski definition) is 1. The monoisotopic (exact) mass is 531 g/mol. The van der Waals surface area contributed by atoms with Crippen LogP contribution in [0.3, 0.4) is 0 Å². The summed E-state index contributed by atoms with van der Waals surface area (Å²) in [5.74, 6) is -0.101. The van der Waals surface area contributed by atoms with Crippen LogP contribution in [0.4, 0.5) is 10.2 Å². The van der Waals surface area contributed by atoms with Crippen LogP contribution in [-0.4, -0.2) is 64.9 Å². The van der Waals surface area contributed by atoms with Gasteiger partial charge in [0.2, 0.25) is 5.82 Å². The summed E-state index contributed by atoms with van der Waals surface area (Å²) in [6.07, 6.45) is 2.61. The molecule has 1 N–H and O–H groups in total. The van der Waals surface area contributed by atoms with Gasteiger partial charge < -0.3 is 4.90 Å². The molecule has 10 heteroatoms. The fourth-order valence-corrected chi connectivity index (χ4v) is 4.31. The van der Waals surface area contributed by atoms with Gasteiger partial charge in [-0.15, -0.1) is 0 Å². The van der Waals surface area contributed by atoms with E-state index in [0.717, 1.165) is 39.1 Å². The van der Waals surface area contributed by atoms with Gasteiger partial charge in [-0.25, -0.2) is 9.37 Å². The number of rotatable bonds is 9. The number of nitrogens with one attached hydrogen (secondary N) is 1. The normalized spacial score (nSPS) is 14.7. The minimum absolute atomic E-state index is 0.00399. The standard InChI is InChI=1S/C24H31BrFN7O/c1-4-7-31-8-10-32(11-9-31)16-19-12-18(5-6-21(19)26)24(34)30-33(15-17(2)3)23-20(25)14-28-22(13-27)29-23/h5-6,12,14,17H,4,7-11,15-16H2,1-3H3,(H,30,34). The molecule has 2 heterocycles. The molecular formula is C24H31BrFN7O. The van der Waals surface area contributed by atoms with Crippen molar-refractivity contribution in [1.29, 1.82) is 5.26 Å². The number of nitriles is 1. The van der Waals surface area contributed by atoms with E-state index in [1.807, 2.05) is 19.9 Å². The van der Waals surface area contributed by atoms with E-state index >= 15 is 0 Å². The summed E-state index contributed by atoms with van der Waals surface area (Å²) < 4.78 is 15.1. The summed E-state index contributed by atoms with van der Waals surface area (Å²) in [5.41, 5.74) is 3.73. The lowest BCUT2D eigenvalue weighted by atomic mass is 10.1. The van der Waals surface area contributed by atoms with Crippen LogP contribution in [0.15, 0.2) is 28.9 Å². The SMILES string of the molecule is CCCN1CCN(Cc2cc(C(=O)NN(CC(C)C)c3nc(C#N)ncc3Br)ccc2F)CC1. The van der Waals surface area contributed by atoms with Gasteiger partial charge in [0.1, 0.15) is 11.9 Å². The summed E-state index contributed by atoms with van der Waals surface area (Å²) in [4.78, 5) is 25.9. The molecule has 1 saturated heterocycles. The van der Waals surface area contributed by atoms with Gasteiger partial charge in [-0.05, 0) is 53.0 Å². The van der Waals surface area contributed by atoms with Gasteiger partial charge in [0.05, 0.1) is 4.47 Å². The van der Waals surface area contributed by atoms with Crippen LogP contribution in [0, 0.1) is 23.1 Å². The molecule has 0 radical (unpaired) electrons. The van der Waals surface area contributed by atoms with Crippen LogP contribution in [0.1, 0.15) is 48.9 Å². The molecule has 1 amide bonds. The molecule has 1 fully saturated rings. The van der Waals surface area contributed by atoms with E-state index in [9.17, 15) is 14.4 Å². The van der Waals surface area contributed by atoms with E-state index in [0.29, 0.717) is 34.5 Å². The Labute approximate surface area is 208 Å². The quantitative estimate of drug-likeness (QED) is 0.494. The van der Waals surface area contributed by atoms with E-state index in [4.69, 9.17) is 0 Å². The number of carbonyl (C=O) groups excluding carboxylic acids is 1. The van der Waals surface area contributed by atoms with E-state index in [2.05, 4.69) is 48.0 Å². The number of hydrazine groups is 1. The number of carbonyl (C=O) groups is 1. The molecule has 34 heavy (non-hydrogen) atoms. The average Bonchev–Trinajstić information content (AvgIpc) is 2.81. The van der Waals surface area contributed by atoms with Crippen molar-refractivity contribution in [2.45, 2.75) is 33.7 Å². The fraction of sp³-hybridized carbons (Fsp3) is 0.500. The number of benzene rings is 1. The van der Waals surface area contributed by atoms with E-state index in [1.165, 1.54) is 18.3 Å². The van der Waals surface area contributed by atoms with Gasteiger partial charge in [0.25, 0.3) is 5.91 Å². The Morgan fingerprint density at radius 2 is 2.00 bits per heavy atom. The molecule has 8 nitrogen and oxygen atoms in total. The molecule has 0 saturated carbocycles. The van der Waals surface area contributed by atoms with Crippen LogP contribution in [0.5, 0.6) is 0 Å². The predicted octanol–water partition coefficient (Wildman–Crippen LogP) is 3.58. The molecule has 3 rings (SSSR count). The Morgan fingerprint density at radius 3 is 2.65 bits per heavy atom. The first-order valence-electron chi connectivity index (χ1n) is 11.5. The number of aromatic nitrogens is 2. The Bertz CT molecular complexity index is 1030. The number of nitrogens with zero attached hydrogens (tertiary/aromatic N) is 6. The summed E-state index contributed by atoms with van der Waals surface area (Å²) in [7, 11) is 0. The van der Waals surface area contributed by atoms with Crippen molar-refractivity contribution in [3.63, 3.8) is 0 Å². The van der Waals surface area contributed by atoms with Crippen LogP contribution in [0.25, 0.3) is 0 Å². The lowest BCUT2D eigenvalue weighted by Crippen LogP contribution is -2.46. The average molecular weight is 532 g/mol. The number of halogens is 2. The summed E-state index contributed by atoms with van der Waals surface area (Å²) in [5, 5.41) is 10.8. The second-order valence-electron chi connectivity index (χ2n) is 8.85. The topological polar surface area (TPSA) is 88.4 Å².